The lowest BCUT2D eigenvalue weighted by Gasteiger charge is -2.35. The number of nitrogens with two attached hydrogens (primary N) is 1. The average molecular weight is 281 g/mol. The van der Waals surface area contributed by atoms with E-state index >= 15 is 0 Å². The Morgan fingerprint density at radius 1 is 1.32 bits per heavy atom. The van der Waals surface area contributed by atoms with E-state index < -0.39 is 0 Å². The molecule has 0 bridgehead atoms. The number of nitrogens with zero attached hydrogens (tertiary/aromatic N) is 1. The minimum absolute atomic E-state index is 0.384. The van der Waals surface area contributed by atoms with Crippen LogP contribution in [0.2, 0.25) is 0 Å². The predicted octanol–water partition coefficient (Wildman–Crippen LogP) is 3.29. The second-order valence-electron chi connectivity index (χ2n) is 6.25. The van der Waals surface area contributed by atoms with Crippen LogP contribution in [-0.2, 0) is 6.42 Å². The van der Waals surface area contributed by atoms with Gasteiger partial charge in [0.2, 0.25) is 0 Å². The van der Waals surface area contributed by atoms with Gasteiger partial charge in [0.15, 0.2) is 0 Å². The molecular weight excluding hydrogens is 254 g/mol. The van der Waals surface area contributed by atoms with E-state index in [4.69, 9.17) is 5.84 Å². The molecule has 0 radical (unpaired) electrons. The van der Waals surface area contributed by atoms with Crippen molar-refractivity contribution in [1.82, 2.24) is 10.4 Å². The first-order valence-corrected chi connectivity index (χ1v) is 8.35. The molecule has 0 amide bonds. The van der Waals surface area contributed by atoms with E-state index in [9.17, 15) is 0 Å². The summed E-state index contributed by atoms with van der Waals surface area (Å²) in [5, 5.41) is 3.31. The van der Waals surface area contributed by atoms with Gasteiger partial charge in [0.25, 0.3) is 0 Å². The zero-order valence-electron chi connectivity index (χ0n) is 12.4. The number of hydrazine groups is 1. The van der Waals surface area contributed by atoms with Crippen LogP contribution in [0, 0.1) is 24.7 Å². The molecule has 1 unspecified atom stereocenters. The highest BCUT2D eigenvalue weighted by Crippen LogP contribution is 2.35. The lowest BCUT2D eigenvalue weighted by molar-refractivity contribution is 0.187. The van der Waals surface area contributed by atoms with E-state index in [0.29, 0.717) is 12.0 Å². The summed E-state index contributed by atoms with van der Waals surface area (Å²) in [7, 11) is 0. The Morgan fingerprint density at radius 2 is 1.95 bits per heavy atom. The van der Waals surface area contributed by atoms with E-state index in [1.54, 1.807) is 11.3 Å². The van der Waals surface area contributed by atoms with Crippen LogP contribution in [0.4, 0.5) is 0 Å². The fourth-order valence-electron chi connectivity index (χ4n) is 3.30. The van der Waals surface area contributed by atoms with Crippen molar-refractivity contribution in [3.63, 3.8) is 0 Å². The third-order valence-corrected chi connectivity index (χ3v) is 5.46. The molecule has 1 atom stereocenters. The SMILES string of the molecule is Cc1nc(CC(NN)C2CCC(C(C)C)CC2)cs1. The van der Waals surface area contributed by atoms with Crippen molar-refractivity contribution in [2.24, 2.45) is 23.6 Å². The summed E-state index contributed by atoms with van der Waals surface area (Å²) in [6, 6.07) is 0.384. The van der Waals surface area contributed by atoms with Crippen molar-refractivity contribution >= 4 is 11.3 Å². The molecule has 108 valence electrons. The van der Waals surface area contributed by atoms with Gasteiger partial charge < -0.3 is 0 Å². The molecule has 2 rings (SSSR count). The molecule has 1 aliphatic rings. The van der Waals surface area contributed by atoms with Crippen LogP contribution >= 0.6 is 11.3 Å². The number of hydrogen-bond donors (Lipinski definition) is 2. The van der Waals surface area contributed by atoms with Crippen molar-refractivity contribution in [1.29, 1.82) is 0 Å². The van der Waals surface area contributed by atoms with Gasteiger partial charge in [-0.3, -0.25) is 11.3 Å². The third kappa shape index (κ3) is 4.01. The quantitative estimate of drug-likeness (QED) is 0.643. The number of aryl methyl sites for hydroxylation is 1. The zero-order valence-corrected chi connectivity index (χ0v) is 13.2. The standard InChI is InChI=1S/C15H27N3S/c1-10(2)12-4-6-13(7-5-12)15(18-16)8-14-9-19-11(3)17-14/h9-10,12-13,15,18H,4-8,16H2,1-3H3. The van der Waals surface area contributed by atoms with E-state index in [2.05, 4.69) is 36.6 Å². The van der Waals surface area contributed by atoms with Crippen LogP contribution in [-0.4, -0.2) is 11.0 Å². The maximum Gasteiger partial charge on any atom is 0.0897 e. The molecule has 1 aromatic heterocycles. The van der Waals surface area contributed by atoms with Crippen molar-refractivity contribution in [2.75, 3.05) is 0 Å². The van der Waals surface area contributed by atoms with Gasteiger partial charge in [0.05, 0.1) is 10.7 Å². The van der Waals surface area contributed by atoms with Crippen LogP contribution in [0.15, 0.2) is 5.38 Å². The lowest BCUT2D eigenvalue weighted by Crippen LogP contribution is -2.44. The Bertz CT molecular complexity index is 380. The van der Waals surface area contributed by atoms with E-state index in [-0.39, 0.29) is 0 Å². The number of aromatic nitrogens is 1. The molecule has 3 N–H and O–H groups in total. The van der Waals surface area contributed by atoms with Crippen LogP contribution in [0.25, 0.3) is 0 Å². The highest BCUT2D eigenvalue weighted by Gasteiger charge is 2.28. The molecule has 4 heteroatoms. The Balaban J connectivity index is 1.88. The number of rotatable bonds is 5. The fraction of sp³-hybridized carbons (Fsp3) is 0.800. The molecule has 1 heterocycles. The molecule has 0 spiro atoms. The van der Waals surface area contributed by atoms with Crippen molar-refractivity contribution in [2.45, 2.75) is 58.9 Å². The maximum atomic E-state index is 5.78. The Kier molecular flexibility index (Phi) is 5.37. The van der Waals surface area contributed by atoms with Crippen LogP contribution in [0.5, 0.6) is 0 Å². The van der Waals surface area contributed by atoms with Crippen LogP contribution < -0.4 is 11.3 Å². The maximum absolute atomic E-state index is 5.78. The minimum atomic E-state index is 0.384. The number of hydrogen-bond acceptors (Lipinski definition) is 4. The summed E-state index contributed by atoms with van der Waals surface area (Å²) in [5.41, 5.74) is 4.23. The van der Waals surface area contributed by atoms with Gasteiger partial charge in [-0.2, -0.15) is 0 Å². The molecule has 0 saturated heterocycles. The summed E-state index contributed by atoms with van der Waals surface area (Å²) in [4.78, 5) is 4.56. The van der Waals surface area contributed by atoms with Crippen LogP contribution in [0.3, 0.4) is 0 Å². The van der Waals surface area contributed by atoms with Gasteiger partial charge in [-0.15, -0.1) is 11.3 Å². The Morgan fingerprint density at radius 3 is 2.42 bits per heavy atom. The second-order valence-corrected chi connectivity index (χ2v) is 7.32. The Labute approximate surface area is 121 Å². The fourth-order valence-corrected chi connectivity index (χ4v) is 3.93. The van der Waals surface area contributed by atoms with Gasteiger partial charge in [-0.05, 0) is 50.4 Å². The molecular formula is C15H27N3S. The predicted molar refractivity (Wildman–Crippen MR) is 82.0 cm³/mol. The van der Waals surface area contributed by atoms with Gasteiger partial charge in [-0.1, -0.05) is 13.8 Å². The van der Waals surface area contributed by atoms with Crippen LogP contribution in [0.1, 0.15) is 50.2 Å². The van der Waals surface area contributed by atoms with Crippen molar-refractivity contribution < 1.29 is 0 Å². The average Bonchev–Trinajstić information content (AvgIpc) is 2.81. The van der Waals surface area contributed by atoms with E-state index in [1.807, 2.05) is 0 Å². The second kappa shape index (κ2) is 6.82. The van der Waals surface area contributed by atoms with Crippen molar-refractivity contribution in [3.05, 3.63) is 16.1 Å². The van der Waals surface area contributed by atoms with Gasteiger partial charge in [0.1, 0.15) is 0 Å². The number of thiazole rings is 1. The van der Waals surface area contributed by atoms with E-state index in [0.717, 1.165) is 23.3 Å². The van der Waals surface area contributed by atoms with Gasteiger partial charge in [-0.25, -0.2) is 4.98 Å². The smallest absolute Gasteiger partial charge is 0.0897 e. The molecule has 1 saturated carbocycles. The first-order valence-electron chi connectivity index (χ1n) is 7.47. The topological polar surface area (TPSA) is 50.9 Å². The zero-order chi connectivity index (χ0) is 13.8. The molecule has 1 aliphatic carbocycles. The minimum Gasteiger partial charge on any atom is -0.271 e. The molecule has 1 aromatic rings. The molecule has 19 heavy (non-hydrogen) atoms. The normalized spacial score (nSPS) is 25.7. The molecule has 0 aromatic carbocycles. The number of nitrogens with one attached hydrogen (secondary N) is 1. The third-order valence-electron chi connectivity index (χ3n) is 4.64. The largest absolute Gasteiger partial charge is 0.271 e. The summed E-state index contributed by atoms with van der Waals surface area (Å²) in [6.07, 6.45) is 6.30. The Hall–Kier alpha value is -0.450. The monoisotopic (exact) mass is 281 g/mol. The highest BCUT2D eigenvalue weighted by molar-refractivity contribution is 7.09. The summed E-state index contributed by atoms with van der Waals surface area (Å²) < 4.78 is 0. The van der Waals surface area contributed by atoms with Crippen molar-refractivity contribution in [3.8, 4) is 0 Å². The molecule has 3 nitrogen and oxygen atoms in total. The summed E-state index contributed by atoms with van der Waals surface area (Å²) in [6.45, 7) is 6.76. The lowest BCUT2D eigenvalue weighted by atomic mass is 9.74. The summed E-state index contributed by atoms with van der Waals surface area (Å²) >= 11 is 1.73. The van der Waals surface area contributed by atoms with Gasteiger partial charge >= 0.3 is 0 Å². The highest BCUT2D eigenvalue weighted by atomic mass is 32.1. The molecule has 0 aliphatic heterocycles. The first kappa shape index (κ1) is 14.9. The first-order chi connectivity index (χ1) is 9.10. The van der Waals surface area contributed by atoms with Gasteiger partial charge in [0, 0.05) is 17.8 Å². The molecule has 1 fully saturated rings. The van der Waals surface area contributed by atoms with E-state index in [1.165, 1.54) is 31.4 Å². The summed E-state index contributed by atoms with van der Waals surface area (Å²) in [5.74, 6) is 8.23.